The molecule has 0 saturated carbocycles. The maximum atomic E-state index is 14.6. The maximum Gasteiger partial charge on any atom is 0.256 e. The minimum atomic E-state index is -1.29. The van der Waals surface area contributed by atoms with Gasteiger partial charge in [-0.15, -0.1) is 5.10 Å². The van der Waals surface area contributed by atoms with Gasteiger partial charge in [0.2, 0.25) is 0 Å². The van der Waals surface area contributed by atoms with Crippen LogP contribution in [0.25, 0.3) is 0 Å². The number of benzene rings is 2. The summed E-state index contributed by atoms with van der Waals surface area (Å²) in [7, 11) is 0. The quantitative estimate of drug-likeness (QED) is 0.627. The molecule has 162 valence electrons. The van der Waals surface area contributed by atoms with Crippen LogP contribution >= 0.6 is 0 Å². The second-order valence-corrected chi connectivity index (χ2v) is 7.56. The Bertz CT molecular complexity index is 1110. The van der Waals surface area contributed by atoms with Gasteiger partial charge in [0.25, 0.3) is 5.91 Å². The van der Waals surface area contributed by atoms with Gasteiger partial charge in [0, 0.05) is 6.20 Å². The number of aliphatic hydroxyl groups is 1. The molecule has 3 aromatic rings. The number of halogens is 3. The van der Waals surface area contributed by atoms with E-state index in [-0.39, 0.29) is 30.9 Å². The summed E-state index contributed by atoms with van der Waals surface area (Å²) in [6.45, 7) is 1.95. The number of nitrogens with one attached hydrogen (secondary N) is 1. The van der Waals surface area contributed by atoms with Crippen LogP contribution in [-0.4, -0.2) is 49.6 Å². The highest BCUT2D eigenvalue weighted by Crippen LogP contribution is 2.32. The molecular weight excluding hydrogens is 411 g/mol. The van der Waals surface area contributed by atoms with E-state index in [1.54, 1.807) is 12.3 Å². The summed E-state index contributed by atoms with van der Waals surface area (Å²) in [4.78, 5) is 14.2. The Balaban J connectivity index is 1.56. The van der Waals surface area contributed by atoms with Gasteiger partial charge in [-0.2, -0.15) is 0 Å². The second kappa shape index (κ2) is 8.03. The van der Waals surface area contributed by atoms with Gasteiger partial charge in [-0.3, -0.25) is 4.79 Å². The van der Waals surface area contributed by atoms with Crippen LogP contribution in [-0.2, 0) is 13.0 Å². The average Bonchev–Trinajstić information content (AvgIpc) is 3.23. The summed E-state index contributed by atoms with van der Waals surface area (Å²) < 4.78 is 44.3. The molecule has 31 heavy (non-hydrogen) atoms. The molecule has 2 N–H and O–H groups in total. The Labute approximate surface area is 176 Å². The first-order chi connectivity index (χ1) is 14.8. The molecule has 0 unspecified atom stereocenters. The van der Waals surface area contributed by atoms with Gasteiger partial charge in [0.05, 0.1) is 42.8 Å². The van der Waals surface area contributed by atoms with E-state index in [2.05, 4.69) is 15.6 Å². The minimum absolute atomic E-state index is 0.0241. The highest BCUT2D eigenvalue weighted by molar-refractivity contribution is 6.01. The van der Waals surface area contributed by atoms with Crippen molar-refractivity contribution in [2.45, 2.75) is 25.5 Å². The topological polar surface area (TPSA) is 83.3 Å². The molecular formula is C21H20F3N5O2. The summed E-state index contributed by atoms with van der Waals surface area (Å²) in [5.74, 6) is -3.72. The van der Waals surface area contributed by atoms with Crippen molar-refractivity contribution in [1.82, 2.24) is 19.9 Å². The van der Waals surface area contributed by atoms with Crippen LogP contribution in [0.4, 0.5) is 24.5 Å². The Hall–Kier alpha value is -3.40. The van der Waals surface area contributed by atoms with E-state index < -0.39 is 34.6 Å². The van der Waals surface area contributed by atoms with Crippen molar-refractivity contribution in [3.8, 4) is 0 Å². The predicted octanol–water partition coefficient (Wildman–Crippen LogP) is 2.89. The number of β-amino-alcohol motifs (C(OH)–C–C–N with tert-alkyl or cyclic N) is 1. The molecule has 0 radical (unpaired) electrons. The molecule has 1 fully saturated rings. The molecule has 2 heterocycles. The van der Waals surface area contributed by atoms with Crippen molar-refractivity contribution >= 4 is 17.3 Å². The number of carbonyl (C=O) groups is 1. The molecule has 4 rings (SSSR count). The Kier molecular flexibility index (Phi) is 5.40. The van der Waals surface area contributed by atoms with E-state index >= 15 is 0 Å². The average molecular weight is 431 g/mol. The summed E-state index contributed by atoms with van der Waals surface area (Å²) in [6.07, 6.45) is 3.66. The van der Waals surface area contributed by atoms with Crippen LogP contribution in [0, 0.1) is 17.5 Å². The second-order valence-electron chi connectivity index (χ2n) is 7.56. The third-order valence-electron chi connectivity index (χ3n) is 5.21. The Morgan fingerprint density at radius 1 is 1.19 bits per heavy atom. The van der Waals surface area contributed by atoms with Gasteiger partial charge in [-0.05, 0) is 36.2 Å². The number of rotatable bonds is 6. The smallest absolute Gasteiger partial charge is 0.256 e. The highest BCUT2D eigenvalue weighted by atomic mass is 19.2. The summed E-state index contributed by atoms with van der Waals surface area (Å²) in [5.41, 5.74) is -1.17. The molecule has 1 aliphatic rings. The highest BCUT2D eigenvalue weighted by Gasteiger charge is 2.45. The fraction of sp³-hybridized carbons (Fsp3) is 0.286. The molecule has 0 spiro atoms. The van der Waals surface area contributed by atoms with Crippen molar-refractivity contribution in [1.29, 1.82) is 0 Å². The predicted molar refractivity (Wildman–Crippen MR) is 106 cm³/mol. The molecule has 7 nitrogen and oxygen atoms in total. The monoisotopic (exact) mass is 431 g/mol. The molecule has 1 amide bonds. The third-order valence-corrected chi connectivity index (χ3v) is 5.21. The van der Waals surface area contributed by atoms with Gasteiger partial charge in [0.15, 0.2) is 11.6 Å². The lowest BCUT2D eigenvalue weighted by Gasteiger charge is -2.46. The van der Waals surface area contributed by atoms with Crippen molar-refractivity contribution in [3.63, 3.8) is 0 Å². The molecule has 0 atom stereocenters. The number of anilines is 2. The van der Waals surface area contributed by atoms with Crippen molar-refractivity contribution in [3.05, 3.63) is 71.3 Å². The van der Waals surface area contributed by atoms with Crippen LogP contribution in [0.1, 0.15) is 22.8 Å². The van der Waals surface area contributed by atoms with Crippen molar-refractivity contribution in [2.24, 2.45) is 0 Å². The standard InChI is InChI=1S/C21H20F3N5O2/c1-2-13-3-6-17(16(23)9-13)26-19-14(4-5-15(22)18(19)24)20(30)28-10-21(31,11-28)12-29-8-7-25-27-29/h3-9,26,31H,2,10-12H2,1H3. The molecule has 1 saturated heterocycles. The third kappa shape index (κ3) is 4.11. The zero-order valence-corrected chi connectivity index (χ0v) is 16.6. The lowest BCUT2D eigenvalue weighted by molar-refractivity contribution is -0.0930. The first-order valence-electron chi connectivity index (χ1n) is 9.69. The maximum absolute atomic E-state index is 14.6. The van der Waals surface area contributed by atoms with E-state index in [1.165, 1.54) is 27.9 Å². The fourth-order valence-corrected chi connectivity index (χ4v) is 3.56. The first kappa shape index (κ1) is 20.9. The number of aryl methyl sites for hydroxylation is 1. The number of aromatic nitrogens is 3. The summed E-state index contributed by atoms with van der Waals surface area (Å²) in [6, 6.07) is 6.33. The van der Waals surface area contributed by atoms with E-state index in [0.29, 0.717) is 6.42 Å². The summed E-state index contributed by atoms with van der Waals surface area (Å²) >= 11 is 0. The Morgan fingerprint density at radius 2 is 1.97 bits per heavy atom. The first-order valence-corrected chi connectivity index (χ1v) is 9.69. The van der Waals surface area contributed by atoms with E-state index in [4.69, 9.17) is 0 Å². The molecule has 0 aliphatic carbocycles. The van der Waals surface area contributed by atoms with Gasteiger partial charge in [-0.1, -0.05) is 18.2 Å². The molecule has 1 aliphatic heterocycles. The summed E-state index contributed by atoms with van der Waals surface area (Å²) in [5, 5.41) is 20.5. The molecule has 10 heteroatoms. The van der Waals surface area contributed by atoms with Crippen LogP contribution < -0.4 is 5.32 Å². The number of nitrogens with zero attached hydrogens (tertiary/aromatic N) is 4. The number of hydrogen-bond donors (Lipinski definition) is 2. The molecule has 0 bridgehead atoms. The van der Waals surface area contributed by atoms with Crippen LogP contribution in [0.15, 0.2) is 42.7 Å². The van der Waals surface area contributed by atoms with E-state index in [9.17, 15) is 23.1 Å². The van der Waals surface area contributed by atoms with Crippen LogP contribution in [0.5, 0.6) is 0 Å². The lowest BCUT2D eigenvalue weighted by atomic mass is 9.93. The minimum Gasteiger partial charge on any atom is -0.384 e. The molecule has 2 aromatic carbocycles. The number of amides is 1. The van der Waals surface area contributed by atoms with Crippen LogP contribution in [0.3, 0.4) is 0 Å². The molecule has 1 aromatic heterocycles. The zero-order chi connectivity index (χ0) is 22.2. The van der Waals surface area contributed by atoms with Crippen molar-refractivity contribution < 1.29 is 23.1 Å². The van der Waals surface area contributed by atoms with E-state index in [1.807, 2.05) is 6.92 Å². The van der Waals surface area contributed by atoms with Crippen LogP contribution in [0.2, 0.25) is 0 Å². The number of likely N-dealkylation sites (tertiary alicyclic amines) is 1. The van der Waals surface area contributed by atoms with Crippen molar-refractivity contribution in [2.75, 3.05) is 18.4 Å². The number of hydrogen-bond acceptors (Lipinski definition) is 5. The zero-order valence-electron chi connectivity index (χ0n) is 16.6. The van der Waals surface area contributed by atoms with Gasteiger partial charge >= 0.3 is 0 Å². The fourth-order valence-electron chi connectivity index (χ4n) is 3.56. The van der Waals surface area contributed by atoms with Gasteiger partial charge < -0.3 is 15.3 Å². The largest absolute Gasteiger partial charge is 0.384 e. The van der Waals surface area contributed by atoms with Gasteiger partial charge in [-0.25, -0.2) is 17.9 Å². The SMILES string of the molecule is CCc1ccc(Nc2c(C(=O)N3CC(O)(Cn4ccnn4)C3)ccc(F)c2F)c(F)c1. The Morgan fingerprint density at radius 3 is 2.61 bits per heavy atom. The van der Waals surface area contributed by atoms with Gasteiger partial charge in [0.1, 0.15) is 11.4 Å². The lowest BCUT2D eigenvalue weighted by Crippen LogP contribution is -2.65. The van der Waals surface area contributed by atoms with E-state index in [0.717, 1.165) is 17.7 Å². The normalized spacial score (nSPS) is 14.9. The number of carbonyl (C=O) groups excluding carboxylic acids is 1.